The summed E-state index contributed by atoms with van der Waals surface area (Å²) >= 11 is 0. The number of carbonyl (C=O) groups excluding carboxylic acids is 2. The average molecular weight is 435 g/mol. The molecule has 0 radical (unpaired) electrons. The van der Waals surface area contributed by atoms with Gasteiger partial charge in [0.2, 0.25) is 5.95 Å². The van der Waals surface area contributed by atoms with E-state index < -0.39 is 0 Å². The van der Waals surface area contributed by atoms with Gasteiger partial charge < -0.3 is 9.64 Å². The number of hydrogen-bond donors (Lipinski definition) is 1. The van der Waals surface area contributed by atoms with Crippen LogP contribution in [0.2, 0.25) is 0 Å². The topological polar surface area (TPSA) is 113 Å². The van der Waals surface area contributed by atoms with Crippen molar-refractivity contribution >= 4 is 28.9 Å². The van der Waals surface area contributed by atoms with E-state index in [1.165, 1.54) is 12.3 Å². The molecule has 0 aliphatic carbocycles. The van der Waals surface area contributed by atoms with Gasteiger partial charge in [-0.3, -0.25) is 19.5 Å². The van der Waals surface area contributed by atoms with Crippen LogP contribution in [0.4, 0.5) is 5.95 Å². The smallest absolute Gasteiger partial charge is 0.258 e. The summed E-state index contributed by atoms with van der Waals surface area (Å²) in [7, 11) is 3.38. The Balaban J connectivity index is 1.95. The zero-order valence-electron chi connectivity index (χ0n) is 18.5. The zero-order valence-corrected chi connectivity index (χ0v) is 18.5. The number of nitriles is 1. The number of hydrogen-bond acceptors (Lipinski definition) is 6. The molecule has 0 bridgehead atoms. The van der Waals surface area contributed by atoms with Gasteiger partial charge in [0.25, 0.3) is 11.8 Å². The van der Waals surface area contributed by atoms with Gasteiger partial charge in [-0.15, -0.1) is 0 Å². The quantitative estimate of drug-likeness (QED) is 0.518. The van der Waals surface area contributed by atoms with Gasteiger partial charge >= 0.3 is 0 Å². The molecule has 0 atom stereocenters. The first-order chi connectivity index (χ1) is 15.5. The number of nitrogens with one attached hydrogen (secondary N) is 1. The van der Waals surface area contributed by atoms with Gasteiger partial charge in [0.15, 0.2) is 5.65 Å². The first-order valence-corrected chi connectivity index (χ1v) is 10.4. The van der Waals surface area contributed by atoms with E-state index in [-0.39, 0.29) is 11.8 Å². The van der Waals surface area contributed by atoms with Gasteiger partial charge in [-0.25, -0.2) is 9.97 Å². The normalized spacial score (nSPS) is 10.7. The van der Waals surface area contributed by atoms with Crippen LogP contribution in [0.25, 0.3) is 11.2 Å². The lowest BCUT2D eigenvalue weighted by atomic mass is 10.1. The summed E-state index contributed by atoms with van der Waals surface area (Å²) in [4.78, 5) is 36.1. The minimum absolute atomic E-state index is 0.130. The largest absolute Gasteiger partial charge is 0.385 e. The Labute approximate surface area is 186 Å². The first kappa shape index (κ1) is 22.9. The van der Waals surface area contributed by atoms with E-state index in [0.717, 1.165) is 6.42 Å². The molecular weight excluding hydrogens is 408 g/mol. The molecule has 9 heteroatoms. The number of carbonyl (C=O) groups is 2. The molecule has 2 amide bonds. The molecule has 0 saturated heterocycles. The van der Waals surface area contributed by atoms with Crippen LogP contribution in [0, 0.1) is 11.3 Å². The number of benzene rings is 1. The van der Waals surface area contributed by atoms with Crippen molar-refractivity contribution in [2.24, 2.45) is 0 Å². The van der Waals surface area contributed by atoms with Crippen molar-refractivity contribution in [3.8, 4) is 6.07 Å². The number of rotatable bonds is 9. The standard InChI is InChI=1S/C23H26N6O3/c1-4-9-28(2)22(31)18-13-19-20(25-15-18)29(10-6-11-32-3)23(26-19)27-21(30)17-8-5-7-16(12-17)14-24/h5,7-8,12-13,15H,4,6,9-11H2,1-3H3,(H,26,27,30). The molecule has 2 aromatic heterocycles. The molecule has 3 aromatic rings. The number of pyridine rings is 1. The Hall–Kier alpha value is -3.77. The number of fused-ring (bicyclic) bond motifs is 1. The number of anilines is 1. The van der Waals surface area contributed by atoms with E-state index in [2.05, 4.69) is 15.3 Å². The van der Waals surface area contributed by atoms with E-state index in [1.54, 1.807) is 47.9 Å². The fraction of sp³-hybridized carbons (Fsp3) is 0.348. The summed E-state index contributed by atoms with van der Waals surface area (Å²) in [5, 5.41) is 11.9. The highest BCUT2D eigenvalue weighted by Gasteiger charge is 2.18. The second kappa shape index (κ2) is 10.5. The monoisotopic (exact) mass is 434 g/mol. The fourth-order valence-electron chi connectivity index (χ4n) is 3.36. The number of amides is 2. The minimum atomic E-state index is -0.385. The highest BCUT2D eigenvalue weighted by Crippen LogP contribution is 2.21. The highest BCUT2D eigenvalue weighted by molar-refractivity contribution is 6.04. The summed E-state index contributed by atoms with van der Waals surface area (Å²) in [5.41, 5.74) is 2.27. The summed E-state index contributed by atoms with van der Waals surface area (Å²) in [6.45, 7) is 3.71. The van der Waals surface area contributed by atoms with Crippen molar-refractivity contribution in [1.29, 1.82) is 5.26 Å². The van der Waals surface area contributed by atoms with Crippen molar-refractivity contribution < 1.29 is 14.3 Å². The fourth-order valence-corrected chi connectivity index (χ4v) is 3.36. The first-order valence-electron chi connectivity index (χ1n) is 10.4. The Bertz CT molecular complexity index is 1160. The highest BCUT2D eigenvalue weighted by atomic mass is 16.5. The SMILES string of the molecule is CCCN(C)C(=O)c1cnc2c(c1)nc(NC(=O)c1cccc(C#N)c1)n2CCCOC. The molecule has 0 saturated carbocycles. The van der Waals surface area contributed by atoms with E-state index in [0.29, 0.717) is 59.9 Å². The molecular formula is C23H26N6O3. The third-order valence-electron chi connectivity index (χ3n) is 4.95. The van der Waals surface area contributed by atoms with Crippen molar-refractivity contribution in [3.05, 3.63) is 53.2 Å². The summed E-state index contributed by atoms with van der Waals surface area (Å²) < 4.78 is 6.94. The van der Waals surface area contributed by atoms with Crippen LogP contribution in [0.5, 0.6) is 0 Å². The zero-order chi connectivity index (χ0) is 23.1. The third kappa shape index (κ3) is 5.10. The molecule has 1 N–H and O–H groups in total. The number of ether oxygens (including phenoxy) is 1. The van der Waals surface area contributed by atoms with Crippen LogP contribution in [0.3, 0.4) is 0 Å². The molecule has 0 unspecified atom stereocenters. The van der Waals surface area contributed by atoms with Crippen LogP contribution in [-0.4, -0.2) is 58.6 Å². The molecule has 1 aromatic carbocycles. The molecule has 0 aliphatic rings. The summed E-state index contributed by atoms with van der Waals surface area (Å²) in [5.74, 6) is -0.194. The maximum Gasteiger partial charge on any atom is 0.258 e. The second-order valence-electron chi connectivity index (χ2n) is 7.37. The molecule has 0 fully saturated rings. The van der Waals surface area contributed by atoms with E-state index >= 15 is 0 Å². The lowest BCUT2D eigenvalue weighted by molar-refractivity contribution is 0.0794. The van der Waals surface area contributed by atoms with E-state index in [9.17, 15) is 9.59 Å². The van der Waals surface area contributed by atoms with Crippen molar-refractivity contribution in [1.82, 2.24) is 19.4 Å². The van der Waals surface area contributed by atoms with Gasteiger partial charge in [0.1, 0.15) is 5.52 Å². The summed E-state index contributed by atoms with van der Waals surface area (Å²) in [6.07, 6.45) is 3.08. The maximum atomic E-state index is 12.8. The number of aryl methyl sites for hydroxylation is 1. The predicted molar refractivity (Wildman–Crippen MR) is 120 cm³/mol. The number of imidazole rings is 1. The van der Waals surface area contributed by atoms with Crippen LogP contribution < -0.4 is 5.32 Å². The van der Waals surface area contributed by atoms with Gasteiger partial charge in [-0.1, -0.05) is 13.0 Å². The number of aromatic nitrogens is 3. The van der Waals surface area contributed by atoms with Gasteiger partial charge in [-0.2, -0.15) is 5.26 Å². The Morgan fingerprint density at radius 3 is 2.81 bits per heavy atom. The number of nitrogens with zero attached hydrogens (tertiary/aromatic N) is 5. The second-order valence-corrected chi connectivity index (χ2v) is 7.37. The Morgan fingerprint density at radius 2 is 2.09 bits per heavy atom. The van der Waals surface area contributed by atoms with Crippen molar-refractivity contribution in [2.75, 3.05) is 32.6 Å². The lowest BCUT2D eigenvalue weighted by Crippen LogP contribution is -2.27. The Kier molecular flexibility index (Phi) is 7.52. The van der Waals surface area contributed by atoms with Crippen molar-refractivity contribution in [2.45, 2.75) is 26.3 Å². The molecule has 3 rings (SSSR count). The van der Waals surface area contributed by atoms with Crippen molar-refractivity contribution in [3.63, 3.8) is 0 Å². The maximum absolute atomic E-state index is 12.8. The summed E-state index contributed by atoms with van der Waals surface area (Å²) in [6, 6.07) is 10.2. The van der Waals surface area contributed by atoms with Gasteiger partial charge in [0, 0.05) is 45.6 Å². The lowest BCUT2D eigenvalue weighted by Gasteiger charge is -2.15. The minimum Gasteiger partial charge on any atom is -0.385 e. The molecule has 2 heterocycles. The predicted octanol–water partition coefficient (Wildman–Crippen LogP) is 3.07. The van der Waals surface area contributed by atoms with E-state index in [4.69, 9.17) is 10.00 Å². The van der Waals surface area contributed by atoms with Gasteiger partial charge in [-0.05, 0) is 37.1 Å². The molecule has 0 spiro atoms. The van der Waals surface area contributed by atoms with Crippen LogP contribution in [0.1, 0.15) is 46.0 Å². The van der Waals surface area contributed by atoms with Gasteiger partial charge in [0.05, 0.1) is 17.2 Å². The molecule has 32 heavy (non-hydrogen) atoms. The molecule has 0 aliphatic heterocycles. The Morgan fingerprint density at radius 1 is 1.28 bits per heavy atom. The number of methoxy groups -OCH3 is 1. The van der Waals surface area contributed by atoms with E-state index in [1.807, 2.05) is 13.0 Å². The molecule has 9 nitrogen and oxygen atoms in total. The van der Waals surface area contributed by atoms with Crippen LogP contribution in [-0.2, 0) is 11.3 Å². The third-order valence-corrected chi connectivity index (χ3v) is 4.95. The average Bonchev–Trinajstić information content (AvgIpc) is 3.15. The molecule has 166 valence electrons. The van der Waals surface area contributed by atoms with Crippen LogP contribution in [0.15, 0.2) is 36.5 Å². The van der Waals surface area contributed by atoms with Crippen LogP contribution >= 0.6 is 0 Å².